The van der Waals surface area contributed by atoms with Crippen LogP contribution in [0.25, 0.3) is 11.1 Å². The maximum atomic E-state index is 10.6. The Morgan fingerprint density at radius 2 is 1.73 bits per heavy atom. The quantitative estimate of drug-likeness (QED) is 0.487. The van der Waals surface area contributed by atoms with Gasteiger partial charge < -0.3 is 16.4 Å². The summed E-state index contributed by atoms with van der Waals surface area (Å²) < 4.78 is 0. The highest BCUT2D eigenvalue weighted by Crippen LogP contribution is 2.41. The number of carbonyl (C=O) groups excluding carboxylic acids is 1. The molecule has 1 saturated carbocycles. The van der Waals surface area contributed by atoms with Crippen molar-refractivity contribution >= 4 is 29.4 Å². The molecule has 1 amide bonds. The Kier molecular flexibility index (Phi) is 4.64. The van der Waals surface area contributed by atoms with E-state index in [1.54, 1.807) is 0 Å². The molecule has 4 N–H and O–H groups in total. The van der Waals surface area contributed by atoms with E-state index in [-0.39, 0.29) is 0 Å². The van der Waals surface area contributed by atoms with Gasteiger partial charge in [-0.05, 0) is 90.2 Å². The third kappa shape index (κ3) is 3.31. The molecular formula is C21H23N3OS. The number of fused-ring (bicyclic) bond motifs is 3. The fraction of sp³-hybridized carbons (Fsp3) is 0.333. The van der Waals surface area contributed by atoms with Crippen molar-refractivity contribution in [2.45, 2.75) is 44.1 Å². The van der Waals surface area contributed by atoms with Crippen LogP contribution in [0.3, 0.4) is 0 Å². The second-order valence-electron chi connectivity index (χ2n) is 7.29. The van der Waals surface area contributed by atoms with Crippen molar-refractivity contribution in [1.82, 2.24) is 5.32 Å². The molecule has 0 saturated heterocycles. The molecule has 0 spiro atoms. The van der Waals surface area contributed by atoms with E-state index in [1.165, 1.54) is 27.8 Å². The number of nitrogens with two attached hydrogens (primary N) is 1. The Morgan fingerprint density at radius 1 is 1.04 bits per heavy atom. The van der Waals surface area contributed by atoms with Crippen LogP contribution in [0, 0.1) is 0 Å². The summed E-state index contributed by atoms with van der Waals surface area (Å²) in [6, 6.07) is 13.6. The van der Waals surface area contributed by atoms with E-state index in [4.69, 9.17) is 18.0 Å². The molecule has 134 valence electrons. The molecule has 26 heavy (non-hydrogen) atoms. The number of rotatable bonds is 4. The maximum absolute atomic E-state index is 10.6. The third-order valence-corrected chi connectivity index (χ3v) is 5.78. The lowest BCUT2D eigenvalue weighted by molar-refractivity contribution is -0.110. The summed E-state index contributed by atoms with van der Waals surface area (Å²) in [4.78, 5) is 10.6. The molecule has 2 aromatic carbocycles. The molecule has 0 atom stereocenters. The van der Waals surface area contributed by atoms with E-state index >= 15 is 0 Å². The molecule has 0 aromatic heterocycles. The van der Waals surface area contributed by atoms with Gasteiger partial charge in [0, 0.05) is 11.7 Å². The van der Waals surface area contributed by atoms with Gasteiger partial charge in [-0.3, -0.25) is 4.79 Å². The van der Waals surface area contributed by atoms with E-state index in [0.29, 0.717) is 17.1 Å². The summed E-state index contributed by atoms with van der Waals surface area (Å²) in [5.74, 6) is 0.598. The first kappa shape index (κ1) is 17.0. The topological polar surface area (TPSA) is 67.2 Å². The molecule has 0 bridgehead atoms. The second kappa shape index (κ2) is 7.08. The molecular weight excluding hydrogens is 342 g/mol. The zero-order chi connectivity index (χ0) is 18.1. The lowest BCUT2D eigenvalue weighted by Crippen LogP contribution is -2.31. The first-order valence-corrected chi connectivity index (χ1v) is 9.57. The lowest BCUT2D eigenvalue weighted by atomic mass is 9.81. The number of amides is 1. The molecule has 0 aliphatic heterocycles. The highest BCUT2D eigenvalue weighted by atomic mass is 32.1. The summed E-state index contributed by atoms with van der Waals surface area (Å²) in [5, 5.41) is 6.24. The summed E-state index contributed by atoms with van der Waals surface area (Å²) in [7, 11) is 0. The molecule has 1 fully saturated rings. The molecule has 0 heterocycles. The van der Waals surface area contributed by atoms with Gasteiger partial charge in [-0.2, -0.15) is 0 Å². The predicted octanol–water partition coefficient (Wildman–Crippen LogP) is 3.69. The molecule has 4 nitrogen and oxygen atoms in total. The van der Waals surface area contributed by atoms with E-state index in [9.17, 15) is 4.79 Å². The van der Waals surface area contributed by atoms with Gasteiger partial charge in [0.25, 0.3) is 0 Å². The highest BCUT2D eigenvalue weighted by Gasteiger charge is 2.24. The van der Waals surface area contributed by atoms with Crippen molar-refractivity contribution in [2.24, 2.45) is 5.73 Å². The van der Waals surface area contributed by atoms with E-state index in [1.807, 2.05) is 6.07 Å². The van der Waals surface area contributed by atoms with E-state index < -0.39 is 0 Å². The van der Waals surface area contributed by atoms with Crippen molar-refractivity contribution < 1.29 is 4.79 Å². The Hall–Kier alpha value is -2.40. The summed E-state index contributed by atoms with van der Waals surface area (Å²) in [6.45, 7) is 0. The third-order valence-electron chi connectivity index (χ3n) is 5.68. The molecule has 0 radical (unpaired) electrons. The number of hydrogen-bond donors (Lipinski definition) is 3. The number of hydrogen-bond acceptors (Lipinski definition) is 2. The smallest absolute Gasteiger partial charge is 0.207 e. The zero-order valence-electron chi connectivity index (χ0n) is 14.6. The Morgan fingerprint density at radius 3 is 2.42 bits per heavy atom. The van der Waals surface area contributed by atoms with Crippen molar-refractivity contribution in [3.05, 3.63) is 53.1 Å². The fourth-order valence-electron chi connectivity index (χ4n) is 4.39. The standard InChI is InChI=1S/C21H23N3OS/c22-21(26)24-18-6-8-20-16(11-18)10-15-9-14(3-7-19(15)20)13-1-4-17(5-2-13)23-12-25/h3,6-9,11-13,17H,1-2,4-5,10H2,(H,23,25)(H3,22,24,26). The minimum absolute atomic E-state index is 0.294. The molecule has 2 aliphatic rings. The molecule has 4 rings (SSSR count). The first-order valence-electron chi connectivity index (χ1n) is 9.16. The highest BCUT2D eigenvalue weighted by molar-refractivity contribution is 7.80. The Bertz CT molecular complexity index is 856. The van der Waals surface area contributed by atoms with E-state index in [2.05, 4.69) is 41.0 Å². The van der Waals surface area contributed by atoms with Crippen LogP contribution in [0.15, 0.2) is 36.4 Å². The predicted molar refractivity (Wildman–Crippen MR) is 109 cm³/mol. The van der Waals surface area contributed by atoms with Crippen molar-refractivity contribution in [1.29, 1.82) is 0 Å². The van der Waals surface area contributed by atoms with Crippen LogP contribution in [-0.4, -0.2) is 17.6 Å². The number of benzene rings is 2. The van der Waals surface area contributed by atoms with Gasteiger partial charge in [-0.25, -0.2) is 0 Å². The van der Waals surface area contributed by atoms with Crippen LogP contribution < -0.4 is 16.4 Å². The van der Waals surface area contributed by atoms with E-state index in [0.717, 1.165) is 44.2 Å². The van der Waals surface area contributed by atoms with Crippen LogP contribution in [-0.2, 0) is 11.2 Å². The molecule has 2 aromatic rings. The van der Waals surface area contributed by atoms with Gasteiger partial charge in [-0.15, -0.1) is 0 Å². The van der Waals surface area contributed by atoms with Gasteiger partial charge in [0.05, 0.1) is 0 Å². The van der Waals surface area contributed by atoms with Gasteiger partial charge in [0.1, 0.15) is 0 Å². The van der Waals surface area contributed by atoms with Gasteiger partial charge in [0.2, 0.25) is 6.41 Å². The molecule has 0 unspecified atom stereocenters. The minimum Gasteiger partial charge on any atom is -0.376 e. The monoisotopic (exact) mass is 365 g/mol. The fourth-order valence-corrected chi connectivity index (χ4v) is 4.51. The summed E-state index contributed by atoms with van der Waals surface area (Å²) >= 11 is 4.93. The van der Waals surface area contributed by atoms with Crippen molar-refractivity contribution in [3.8, 4) is 11.1 Å². The largest absolute Gasteiger partial charge is 0.376 e. The van der Waals surface area contributed by atoms with Crippen LogP contribution >= 0.6 is 12.2 Å². The Balaban J connectivity index is 1.52. The second-order valence-corrected chi connectivity index (χ2v) is 7.73. The van der Waals surface area contributed by atoms with Crippen LogP contribution in [0.1, 0.15) is 48.3 Å². The average Bonchev–Trinajstić information content (AvgIpc) is 2.99. The average molecular weight is 366 g/mol. The lowest BCUT2D eigenvalue weighted by Gasteiger charge is -2.28. The summed E-state index contributed by atoms with van der Waals surface area (Å²) in [6.07, 6.45) is 6.19. The van der Waals surface area contributed by atoms with Crippen LogP contribution in [0.5, 0.6) is 0 Å². The summed E-state index contributed by atoms with van der Waals surface area (Å²) in [5.41, 5.74) is 13.3. The number of thiocarbonyl (C=S) groups is 1. The van der Waals surface area contributed by atoms with Gasteiger partial charge >= 0.3 is 0 Å². The van der Waals surface area contributed by atoms with Crippen molar-refractivity contribution in [3.63, 3.8) is 0 Å². The number of anilines is 1. The number of nitrogens with one attached hydrogen (secondary N) is 2. The van der Waals surface area contributed by atoms with Crippen LogP contribution in [0.2, 0.25) is 0 Å². The molecule has 5 heteroatoms. The zero-order valence-corrected chi connectivity index (χ0v) is 15.4. The Labute approximate surface area is 159 Å². The van der Waals surface area contributed by atoms with Gasteiger partial charge in [0.15, 0.2) is 5.11 Å². The van der Waals surface area contributed by atoms with Gasteiger partial charge in [-0.1, -0.05) is 24.3 Å². The normalized spacial score (nSPS) is 20.8. The maximum Gasteiger partial charge on any atom is 0.207 e. The minimum atomic E-state index is 0.294. The van der Waals surface area contributed by atoms with Crippen LogP contribution in [0.4, 0.5) is 5.69 Å². The van der Waals surface area contributed by atoms with Crippen molar-refractivity contribution in [2.75, 3.05) is 5.32 Å². The number of carbonyl (C=O) groups is 1. The first-order chi connectivity index (χ1) is 12.6. The SMILES string of the molecule is NC(=S)Nc1ccc2c(c1)Cc1cc(C3CCC(NC=O)CC3)ccc1-2. The molecule has 2 aliphatic carbocycles.